The molecule has 2 aromatic rings. The molecule has 0 saturated carbocycles. The van der Waals surface area contributed by atoms with E-state index in [1.54, 1.807) is 6.21 Å². The lowest BCUT2D eigenvalue weighted by atomic mass is 10.2. The maximum atomic E-state index is 5.81. The van der Waals surface area contributed by atoms with Gasteiger partial charge in [-0.3, -0.25) is 5.43 Å². The molecule has 0 spiro atoms. The molecule has 0 atom stereocenters. The van der Waals surface area contributed by atoms with E-state index in [1.165, 1.54) is 0 Å². The number of halogens is 1. The number of para-hydroxylation sites is 1. The van der Waals surface area contributed by atoms with Crippen molar-refractivity contribution in [3.63, 3.8) is 0 Å². The normalized spacial score (nSPS) is 10.6. The lowest BCUT2D eigenvalue weighted by Crippen LogP contribution is -1.97. The molecule has 3 nitrogen and oxygen atoms in total. The van der Waals surface area contributed by atoms with Gasteiger partial charge in [0.05, 0.1) is 18.5 Å². The molecular formula is C15H15ClN2O. The molecule has 0 unspecified atom stereocenters. The first-order valence-corrected chi connectivity index (χ1v) is 6.44. The van der Waals surface area contributed by atoms with Crippen LogP contribution in [-0.2, 0) is 0 Å². The van der Waals surface area contributed by atoms with Gasteiger partial charge in [-0.1, -0.05) is 23.7 Å². The van der Waals surface area contributed by atoms with Crippen molar-refractivity contribution in [3.8, 4) is 5.75 Å². The highest BCUT2D eigenvalue weighted by Gasteiger charge is 1.98. The van der Waals surface area contributed by atoms with Crippen molar-refractivity contribution in [2.45, 2.75) is 6.92 Å². The second kappa shape index (κ2) is 6.81. The number of anilines is 1. The summed E-state index contributed by atoms with van der Waals surface area (Å²) in [5, 5.41) is 4.89. The maximum absolute atomic E-state index is 5.81. The van der Waals surface area contributed by atoms with Crippen LogP contribution < -0.4 is 10.2 Å². The largest absolute Gasteiger partial charge is 0.493 e. The van der Waals surface area contributed by atoms with Crippen LogP contribution in [0.1, 0.15) is 12.5 Å². The van der Waals surface area contributed by atoms with Gasteiger partial charge in [-0.05, 0) is 43.3 Å². The van der Waals surface area contributed by atoms with E-state index in [2.05, 4.69) is 10.5 Å². The second-order valence-corrected chi connectivity index (χ2v) is 4.28. The average Bonchev–Trinajstić information content (AvgIpc) is 2.43. The molecule has 0 fully saturated rings. The topological polar surface area (TPSA) is 33.6 Å². The molecule has 0 saturated heterocycles. The van der Waals surface area contributed by atoms with Gasteiger partial charge in [0.15, 0.2) is 0 Å². The van der Waals surface area contributed by atoms with E-state index in [4.69, 9.17) is 16.3 Å². The predicted octanol–water partition coefficient (Wildman–Crippen LogP) is 4.18. The summed E-state index contributed by atoms with van der Waals surface area (Å²) in [5.41, 5.74) is 4.76. The molecule has 98 valence electrons. The summed E-state index contributed by atoms with van der Waals surface area (Å²) in [6.07, 6.45) is 1.74. The number of benzene rings is 2. The number of nitrogens with zero attached hydrogens (tertiary/aromatic N) is 1. The maximum Gasteiger partial charge on any atom is 0.128 e. The highest BCUT2D eigenvalue weighted by Crippen LogP contribution is 2.16. The Balaban J connectivity index is 2.04. The summed E-state index contributed by atoms with van der Waals surface area (Å²) in [5.74, 6) is 0.826. The summed E-state index contributed by atoms with van der Waals surface area (Å²) in [6.45, 7) is 2.59. The highest BCUT2D eigenvalue weighted by molar-refractivity contribution is 6.30. The molecule has 0 aliphatic carbocycles. The van der Waals surface area contributed by atoms with E-state index >= 15 is 0 Å². The van der Waals surface area contributed by atoms with Gasteiger partial charge in [-0.2, -0.15) is 5.10 Å². The highest BCUT2D eigenvalue weighted by atomic mass is 35.5. The van der Waals surface area contributed by atoms with Gasteiger partial charge < -0.3 is 4.74 Å². The Morgan fingerprint density at radius 1 is 1.16 bits per heavy atom. The molecule has 1 N–H and O–H groups in total. The summed E-state index contributed by atoms with van der Waals surface area (Å²) < 4.78 is 5.52. The van der Waals surface area contributed by atoms with E-state index in [0.29, 0.717) is 11.6 Å². The Morgan fingerprint density at radius 3 is 2.63 bits per heavy atom. The lowest BCUT2D eigenvalue weighted by Gasteiger charge is -2.06. The van der Waals surface area contributed by atoms with Crippen molar-refractivity contribution >= 4 is 23.5 Å². The van der Waals surface area contributed by atoms with Gasteiger partial charge in [-0.15, -0.1) is 0 Å². The average molecular weight is 275 g/mol. The molecule has 0 aliphatic rings. The zero-order valence-corrected chi connectivity index (χ0v) is 11.4. The van der Waals surface area contributed by atoms with Crippen LogP contribution in [0.2, 0.25) is 5.02 Å². The standard InChI is InChI=1S/C15H15ClN2O/c1-2-19-15-6-4-3-5-12(15)11-17-18-14-9-7-13(16)8-10-14/h3-11,18H,2H2,1H3/b17-11+. The first-order chi connectivity index (χ1) is 9.29. The van der Waals surface area contributed by atoms with Crippen LogP contribution in [-0.4, -0.2) is 12.8 Å². The van der Waals surface area contributed by atoms with E-state index < -0.39 is 0 Å². The zero-order chi connectivity index (χ0) is 13.5. The molecule has 0 heterocycles. The number of hydrogen-bond acceptors (Lipinski definition) is 3. The fourth-order valence-corrected chi connectivity index (χ4v) is 1.70. The third kappa shape index (κ3) is 4.00. The van der Waals surface area contributed by atoms with Crippen LogP contribution in [0.4, 0.5) is 5.69 Å². The van der Waals surface area contributed by atoms with Crippen molar-refractivity contribution < 1.29 is 4.74 Å². The van der Waals surface area contributed by atoms with Crippen LogP contribution in [0.25, 0.3) is 0 Å². The van der Waals surface area contributed by atoms with Gasteiger partial charge in [0.25, 0.3) is 0 Å². The van der Waals surface area contributed by atoms with Gasteiger partial charge in [0.1, 0.15) is 5.75 Å². The molecule has 0 radical (unpaired) electrons. The van der Waals surface area contributed by atoms with E-state index in [-0.39, 0.29) is 0 Å². The van der Waals surface area contributed by atoms with E-state index in [9.17, 15) is 0 Å². The van der Waals surface area contributed by atoms with Crippen LogP contribution in [0.15, 0.2) is 53.6 Å². The van der Waals surface area contributed by atoms with E-state index in [0.717, 1.165) is 17.0 Å². The first-order valence-electron chi connectivity index (χ1n) is 6.06. The predicted molar refractivity (Wildman–Crippen MR) is 80.3 cm³/mol. The van der Waals surface area contributed by atoms with Crippen molar-refractivity contribution in [1.82, 2.24) is 0 Å². The van der Waals surface area contributed by atoms with Gasteiger partial charge in [0, 0.05) is 10.6 Å². The quantitative estimate of drug-likeness (QED) is 0.655. The number of nitrogens with one attached hydrogen (secondary N) is 1. The lowest BCUT2D eigenvalue weighted by molar-refractivity contribution is 0.340. The molecule has 0 bridgehead atoms. The molecular weight excluding hydrogens is 260 g/mol. The number of hydrogen-bond donors (Lipinski definition) is 1. The number of ether oxygens (including phenoxy) is 1. The summed E-state index contributed by atoms with van der Waals surface area (Å²) in [4.78, 5) is 0. The fraction of sp³-hybridized carbons (Fsp3) is 0.133. The summed E-state index contributed by atoms with van der Waals surface area (Å²) in [6, 6.07) is 15.1. The summed E-state index contributed by atoms with van der Waals surface area (Å²) in [7, 11) is 0. The second-order valence-electron chi connectivity index (χ2n) is 3.85. The van der Waals surface area contributed by atoms with Crippen LogP contribution in [0.3, 0.4) is 0 Å². The third-order valence-corrected chi connectivity index (χ3v) is 2.71. The molecule has 2 aromatic carbocycles. The molecule has 0 aliphatic heterocycles. The van der Waals surface area contributed by atoms with Crippen molar-refractivity contribution in [2.24, 2.45) is 5.10 Å². The van der Waals surface area contributed by atoms with Crippen LogP contribution >= 0.6 is 11.6 Å². The van der Waals surface area contributed by atoms with Crippen molar-refractivity contribution in [1.29, 1.82) is 0 Å². The van der Waals surface area contributed by atoms with Gasteiger partial charge in [-0.25, -0.2) is 0 Å². The van der Waals surface area contributed by atoms with Crippen molar-refractivity contribution in [3.05, 3.63) is 59.1 Å². The Hall–Kier alpha value is -2.00. The molecule has 19 heavy (non-hydrogen) atoms. The molecule has 4 heteroatoms. The van der Waals surface area contributed by atoms with Gasteiger partial charge in [0.2, 0.25) is 0 Å². The van der Waals surface area contributed by atoms with Crippen molar-refractivity contribution in [2.75, 3.05) is 12.0 Å². The zero-order valence-electron chi connectivity index (χ0n) is 10.6. The molecule has 0 aromatic heterocycles. The minimum absolute atomic E-state index is 0.634. The Morgan fingerprint density at radius 2 is 1.89 bits per heavy atom. The van der Waals surface area contributed by atoms with Crippen LogP contribution in [0, 0.1) is 0 Å². The number of rotatable bonds is 5. The Labute approximate surface area is 117 Å². The van der Waals surface area contributed by atoms with Crippen LogP contribution in [0.5, 0.6) is 5.75 Å². The summed E-state index contributed by atoms with van der Waals surface area (Å²) >= 11 is 5.81. The molecule has 0 amide bonds. The van der Waals surface area contributed by atoms with E-state index in [1.807, 2.05) is 55.5 Å². The Bertz CT molecular complexity index is 552. The molecule has 2 rings (SSSR count). The Kier molecular flexibility index (Phi) is 4.81. The fourth-order valence-electron chi connectivity index (χ4n) is 1.57. The minimum atomic E-state index is 0.634. The number of hydrazone groups is 1. The smallest absolute Gasteiger partial charge is 0.128 e. The third-order valence-electron chi connectivity index (χ3n) is 2.46. The minimum Gasteiger partial charge on any atom is -0.493 e. The first kappa shape index (κ1) is 13.4. The SMILES string of the molecule is CCOc1ccccc1/C=N/Nc1ccc(Cl)cc1. The van der Waals surface area contributed by atoms with Gasteiger partial charge >= 0.3 is 0 Å². The monoisotopic (exact) mass is 274 g/mol.